The molecule has 3 atom stereocenters. The zero-order valence-electron chi connectivity index (χ0n) is 12.8. The van der Waals surface area contributed by atoms with Crippen LogP contribution in [-0.4, -0.2) is 56.9 Å². The van der Waals surface area contributed by atoms with Crippen molar-refractivity contribution in [2.45, 2.75) is 51.3 Å². The highest BCUT2D eigenvalue weighted by atomic mass is 16.5. The summed E-state index contributed by atoms with van der Waals surface area (Å²) < 4.78 is 10.5. The van der Waals surface area contributed by atoms with Crippen molar-refractivity contribution in [2.75, 3.05) is 27.9 Å². The maximum Gasteiger partial charge on any atom is 0.241 e. The van der Waals surface area contributed by atoms with Crippen LogP contribution in [0.2, 0.25) is 0 Å². The lowest BCUT2D eigenvalue weighted by Crippen LogP contribution is -2.66. The second kappa shape index (κ2) is 6.68. The Labute approximate surface area is 116 Å². The molecule has 1 saturated carbocycles. The van der Waals surface area contributed by atoms with Gasteiger partial charge in [0.25, 0.3) is 0 Å². The van der Waals surface area contributed by atoms with Gasteiger partial charge < -0.3 is 20.1 Å². The quantitative estimate of drug-likeness (QED) is 0.751. The number of hydrogen-bond acceptors (Lipinski definition) is 4. The van der Waals surface area contributed by atoms with Crippen LogP contribution in [0, 0.1) is 5.41 Å². The number of hydrogen-bond donors (Lipinski definition) is 1. The molecular weight excluding hydrogens is 244 g/mol. The first-order valence-electron chi connectivity index (χ1n) is 7.02. The summed E-state index contributed by atoms with van der Waals surface area (Å²) in [5.41, 5.74) is 5.90. The van der Waals surface area contributed by atoms with Gasteiger partial charge in [0.05, 0.1) is 12.7 Å². The number of nitrogens with zero attached hydrogens (tertiary/aromatic N) is 1. The molecule has 0 heterocycles. The fourth-order valence-corrected chi connectivity index (χ4v) is 3.44. The Morgan fingerprint density at radius 1 is 1.42 bits per heavy atom. The van der Waals surface area contributed by atoms with Crippen molar-refractivity contribution in [3.05, 3.63) is 0 Å². The van der Waals surface area contributed by atoms with Crippen molar-refractivity contribution in [1.82, 2.24) is 4.90 Å². The van der Waals surface area contributed by atoms with Crippen molar-refractivity contribution in [2.24, 2.45) is 11.1 Å². The Kier molecular flexibility index (Phi) is 5.77. The van der Waals surface area contributed by atoms with Crippen LogP contribution in [0.25, 0.3) is 0 Å². The van der Waals surface area contributed by atoms with Gasteiger partial charge in [-0.25, -0.2) is 0 Å². The lowest BCUT2D eigenvalue weighted by atomic mass is 9.58. The molecule has 0 aromatic carbocycles. The molecule has 1 fully saturated rings. The van der Waals surface area contributed by atoms with E-state index in [-0.39, 0.29) is 30.1 Å². The minimum Gasteiger partial charge on any atom is -0.383 e. The Morgan fingerprint density at radius 2 is 2.00 bits per heavy atom. The molecule has 0 saturated heterocycles. The van der Waals surface area contributed by atoms with Crippen LogP contribution >= 0.6 is 0 Å². The van der Waals surface area contributed by atoms with Gasteiger partial charge in [0.2, 0.25) is 5.91 Å². The topological polar surface area (TPSA) is 64.8 Å². The van der Waals surface area contributed by atoms with Gasteiger partial charge in [0.15, 0.2) is 0 Å². The second-order valence-corrected chi connectivity index (χ2v) is 5.43. The minimum absolute atomic E-state index is 0.0484. The number of likely N-dealkylation sites (N-methyl/N-ethyl adjacent to an activating group) is 1. The Hall–Kier alpha value is -0.650. The highest BCUT2D eigenvalue weighted by Gasteiger charge is 2.55. The van der Waals surface area contributed by atoms with Gasteiger partial charge in [-0.1, -0.05) is 13.8 Å². The molecule has 0 aromatic rings. The highest BCUT2D eigenvalue weighted by Crippen LogP contribution is 2.50. The summed E-state index contributed by atoms with van der Waals surface area (Å²) in [7, 11) is 5.15. The van der Waals surface area contributed by atoms with Gasteiger partial charge in [-0.3, -0.25) is 4.79 Å². The second-order valence-electron chi connectivity index (χ2n) is 5.43. The molecule has 3 unspecified atom stereocenters. The van der Waals surface area contributed by atoms with Crippen LogP contribution in [0.3, 0.4) is 0 Å². The number of nitrogens with two attached hydrogens (primary N) is 1. The van der Waals surface area contributed by atoms with Crippen molar-refractivity contribution in [3.63, 3.8) is 0 Å². The number of ether oxygens (including phenoxy) is 2. The predicted octanol–water partition coefficient (Wildman–Crippen LogP) is 1.01. The van der Waals surface area contributed by atoms with Crippen LogP contribution < -0.4 is 5.73 Å². The van der Waals surface area contributed by atoms with Crippen molar-refractivity contribution >= 4 is 5.91 Å². The van der Waals surface area contributed by atoms with Crippen LogP contribution in [0.4, 0.5) is 0 Å². The third kappa shape index (κ3) is 2.78. The molecular formula is C14H28N2O3. The molecule has 19 heavy (non-hydrogen) atoms. The monoisotopic (exact) mass is 272 g/mol. The van der Waals surface area contributed by atoms with Crippen LogP contribution in [0.1, 0.15) is 33.1 Å². The third-order valence-corrected chi connectivity index (χ3v) is 4.82. The smallest absolute Gasteiger partial charge is 0.241 e. The molecule has 5 nitrogen and oxygen atoms in total. The first-order valence-corrected chi connectivity index (χ1v) is 7.02. The number of methoxy groups -OCH3 is 2. The first-order chi connectivity index (χ1) is 8.98. The van der Waals surface area contributed by atoms with Crippen molar-refractivity contribution < 1.29 is 14.3 Å². The molecule has 2 N–H and O–H groups in total. The van der Waals surface area contributed by atoms with Crippen LogP contribution in [-0.2, 0) is 14.3 Å². The molecule has 112 valence electrons. The summed E-state index contributed by atoms with van der Waals surface area (Å²) >= 11 is 0. The number of carbonyl (C=O) groups is 1. The lowest BCUT2D eigenvalue weighted by molar-refractivity contribution is -0.171. The highest BCUT2D eigenvalue weighted by molar-refractivity contribution is 5.82. The summed E-state index contributed by atoms with van der Waals surface area (Å²) in [6.45, 7) is 4.58. The van der Waals surface area contributed by atoms with Gasteiger partial charge in [-0.05, 0) is 19.3 Å². The van der Waals surface area contributed by atoms with Gasteiger partial charge in [0, 0.05) is 32.7 Å². The van der Waals surface area contributed by atoms with Gasteiger partial charge in [0.1, 0.15) is 6.04 Å². The van der Waals surface area contributed by atoms with E-state index in [0.717, 1.165) is 19.3 Å². The molecule has 1 aliphatic rings. The van der Waals surface area contributed by atoms with Crippen LogP contribution in [0.15, 0.2) is 0 Å². The van der Waals surface area contributed by atoms with Crippen molar-refractivity contribution in [3.8, 4) is 0 Å². The zero-order chi connectivity index (χ0) is 14.6. The maximum atomic E-state index is 12.3. The summed E-state index contributed by atoms with van der Waals surface area (Å²) in [4.78, 5) is 14.1. The summed E-state index contributed by atoms with van der Waals surface area (Å²) in [5, 5.41) is 0. The van der Waals surface area contributed by atoms with Crippen molar-refractivity contribution in [1.29, 1.82) is 0 Å². The van der Waals surface area contributed by atoms with Gasteiger partial charge in [-0.2, -0.15) is 0 Å². The Morgan fingerprint density at radius 3 is 2.42 bits per heavy atom. The first kappa shape index (κ1) is 16.4. The molecule has 1 aliphatic carbocycles. The normalized spacial score (nSPS) is 26.6. The summed E-state index contributed by atoms with van der Waals surface area (Å²) in [5.74, 6) is -0.0484. The standard InChI is InChI=1S/C14H28N2O3/c1-6-14(7-2)11(8-12(14)19-5)16(3)13(17)10(15)9-18-4/h10-12H,6-9,15H2,1-5H3. The van der Waals surface area contributed by atoms with E-state index in [1.165, 1.54) is 0 Å². The molecule has 0 radical (unpaired) electrons. The molecule has 0 spiro atoms. The minimum atomic E-state index is -0.581. The molecule has 0 bridgehead atoms. The van der Waals surface area contributed by atoms with E-state index in [4.69, 9.17) is 15.2 Å². The fraction of sp³-hybridized carbons (Fsp3) is 0.929. The number of carbonyl (C=O) groups excluding carboxylic acids is 1. The van der Waals surface area contributed by atoms with E-state index in [9.17, 15) is 4.79 Å². The molecule has 5 heteroatoms. The Balaban J connectivity index is 2.77. The number of rotatable bonds is 7. The van der Waals surface area contributed by atoms with Gasteiger partial charge in [-0.15, -0.1) is 0 Å². The molecule has 0 aromatic heterocycles. The Bertz CT molecular complexity index is 305. The average Bonchev–Trinajstić information content (AvgIpc) is 2.39. The molecule has 1 rings (SSSR count). The molecule has 1 amide bonds. The van der Waals surface area contributed by atoms with E-state index >= 15 is 0 Å². The van der Waals surface area contributed by atoms with E-state index in [2.05, 4.69) is 13.8 Å². The van der Waals surface area contributed by atoms with Gasteiger partial charge >= 0.3 is 0 Å². The van der Waals surface area contributed by atoms with E-state index in [1.54, 1.807) is 19.1 Å². The fourth-order valence-electron chi connectivity index (χ4n) is 3.44. The summed E-state index contributed by atoms with van der Waals surface area (Å²) in [6, 6.07) is -0.370. The van der Waals surface area contributed by atoms with E-state index < -0.39 is 6.04 Å². The number of amides is 1. The molecule has 0 aliphatic heterocycles. The SMILES string of the molecule is CCC1(CC)C(OC)CC1N(C)C(=O)C(N)COC. The third-order valence-electron chi connectivity index (χ3n) is 4.82. The lowest BCUT2D eigenvalue weighted by Gasteiger charge is -2.58. The largest absolute Gasteiger partial charge is 0.383 e. The van der Waals surface area contributed by atoms with E-state index in [0.29, 0.717) is 0 Å². The van der Waals surface area contributed by atoms with Crippen LogP contribution in [0.5, 0.6) is 0 Å². The average molecular weight is 272 g/mol. The predicted molar refractivity (Wildman–Crippen MR) is 74.8 cm³/mol. The zero-order valence-corrected chi connectivity index (χ0v) is 12.8. The van der Waals surface area contributed by atoms with E-state index in [1.807, 2.05) is 7.05 Å². The maximum absolute atomic E-state index is 12.3. The summed E-state index contributed by atoms with van der Waals surface area (Å²) in [6.07, 6.45) is 3.13.